The van der Waals surface area contributed by atoms with Crippen molar-refractivity contribution >= 4 is 17.4 Å². The first-order valence-electron chi connectivity index (χ1n) is 6.87. The first-order valence-corrected chi connectivity index (χ1v) is 6.87. The molecule has 1 saturated heterocycles. The van der Waals surface area contributed by atoms with Crippen molar-refractivity contribution in [2.45, 2.75) is 12.8 Å². The third-order valence-electron chi connectivity index (χ3n) is 3.63. The smallest absolute Gasteiger partial charge is 0.300 e. The number of carbonyl (C=O) groups is 1. The Labute approximate surface area is 122 Å². The highest BCUT2D eigenvalue weighted by Gasteiger charge is 2.24. The van der Waals surface area contributed by atoms with E-state index in [0.29, 0.717) is 6.54 Å². The molecule has 8 nitrogen and oxygen atoms in total. The summed E-state index contributed by atoms with van der Waals surface area (Å²) in [5.41, 5.74) is 5.19. The standard InChI is InChI=1S/C13H19N5O3/c1-16(6-7-17-4-2-3-5-17)13(19)10-8-12(14)15-9-11(10)18(20)21/h8-9H,2-7H2,1H3,(H2,14,15). The maximum atomic E-state index is 12.3. The molecule has 21 heavy (non-hydrogen) atoms. The van der Waals surface area contributed by atoms with Gasteiger partial charge in [0.05, 0.1) is 4.92 Å². The van der Waals surface area contributed by atoms with Crippen molar-refractivity contribution < 1.29 is 9.72 Å². The quantitative estimate of drug-likeness (QED) is 0.634. The topological polar surface area (TPSA) is 106 Å². The van der Waals surface area contributed by atoms with Crippen LogP contribution in [0.25, 0.3) is 0 Å². The van der Waals surface area contributed by atoms with E-state index >= 15 is 0 Å². The van der Waals surface area contributed by atoms with Gasteiger partial charge in [-0.15, -0.1) is 0 Å². The lowest BCUT2D eigenvalue weighted by Crippen LogP contribution is -2.35. The number of nitro groups is 1. The van der Waals surface area contributed by atoms with Crippen molar-refractivity contribution in [2.75, 3.05) is 39.0 Å². The second-order valence-electron chi connectivity index (χ2n) is 5.16. The molecule has 0 aromatic carbocycles. The molecule has 1 aliphatic heterocycles. The highest BCUT2D eigenvalue weighted by Crippen LogP contribution is 2.20. The molecular formula is C13H19N5O3. The summed E-state index contributed by atoms with van der Waals surface area (Å²) in [6.07, 6.45) is 3.39. The van der Waals surface area contributed by atoms with E-state index in [4.69, 9.17) is 5.73 Å². The second-order valence-corrected chi connectivity index (χ2v) is 5.16. The van der Waals surface area contributed by atoms with Crippen molar-refractivity contribution in [1.82, 2.24) is 14.8 Å². The molecule has 0 aliphatic carbocycles. The molecule has 1 amide bonds. The number of hydrogen-bond donors (Lipinski definition) is 1. The van der Waals surface area contributed by atoms with E-state index < -0.39 is 10.8 Å². The number of carbonyl (C=O) groups excluding carboxylic acids is 1. The molecule has 2 N–H and O–H groups in total. The van der Waals surface area contributed by atoms with Gasteiger partial charge in [0.15, 0.2) is 0 Å². The van der Waals surface area contributed by atoms with Crippen LogP contribution < -0.4 is 5.73 Å². The lowest BCUT2D eigenvalue weighted by molar-refractivity contribution is -0.385. The molecule has 0 saturated carbocycles. The van der Waals surface area contributed by atoms with Gasteiger partial charge < -0.3 is 15.5 Å². The molecule has 0 spiro atoms. The van der Waals surface area contributed by atoms with Crippen LogP contribution in [0.3, 0.4) is 0 Å². The average Bonchev–Trinajstić information content (AvgIpc) is 2.96. The van der Waals surface area contributed by atoms with Crippen LogP contribution in [0.4, 0.5) is 11.5 Å². The summed E-state index contributed by atoms with van der Waals surface area (Å²) in [4.78, 5) is 30.1. The Bertz CT molecular complexity index is 543. The number of nitrogen functional groups attached to an aromatic ring is 1. The molecule has 0 bridgehead atoms. The van der Waals surface area contributed by atoms with E-state index in [0.717, 1.165) is 25.8 Å². The Morgan fingerprint density at radius 1 is 1.52 bits per heavy atom. The van der Waals surface area contributed by atoms with Crippen LogP contribution in [0, 0.1) is 10.1 Å². The van der Waals surface area contributed by atoms with Crippen LogP contribution in [-0.4, -0.2) is 58.8 Å². The molecule has 0 radical (unpaired) electrons. The Balaban J connectivity index is 2.07. The summed E-state index contributed by atoms with van der Waals surface area (Å²) < 4.78 is 0. The Hall–Kier alpha value is -2.22. The molecule has 1 aromatic rings. The molecule has 2 heterocycles. The zero-order valence-corrected chi connectivity index (χ0v) is 12.0. The van der Waals surface area contributed by atoms with Gasteiger partial charge in [-0.2, -0.15) is 0 Å². The number of aromatic nitrogens is 1. The Morgan fingerprint density at radius 2 is 2.19 bits per heavy atom. The summed E-state index contributed by atoms with van der Waals surface area (Å²) in [6.45, 7) is 3.39. The number of amides is 1. The lowest BCUT2D eigenvalue weighted by atomic mass is 10.2. The molecule has 114 valence electrons. The number of pyridine rings is 1. The number of anilines is 1. The summed E-state index contributed by atoms with van der Waals surface area (Å²) in [7, 11) is 1.64. The van der Waals surface area contributed by atoms with Crippen LogP contribution in [-0.2, 0) is 0 Å². The molecule has 0 unspecified atom stereocenters. The van der Waals surface area contributed by atoms with Crippen molar-refractivity contribution in [1.29, 1.82) is 0 Å². The summed E-state index contributed by atoms with van der Waals surface area (Å²) in [6, 6.07) is 1.26. The van der Waals surface area contributed by atoms with E-state index in [1.54, 1.807) is 7.05 Å². The van der Waals surface area contributed by atoms with Gasteiger partial charge in [-0.1, -0.05) is 0 Å². The number of hydrogen-bond acceptors (Lipinski definition) is 6. The first-order chi connectivity index (χ1) is 9.99. The lowest BCUT2D eigenvalue weighted by Gasteiger charge is -2.21. The molecule has 8 heteroatoms. The van der Waals surface area contributed by atoms with Gasteiger partial charge in [-0.25, -0.2) is 4.98 Å². The minimum absolute atomic E-state index is 0.0172. The third kappa shape index (κ3) is 3.66. The highest BCUT2D eigenvalue weighted by atomic mass is 16.6. The zero-order valence-electron chi connectivity index (χ0n) is 12.0. The number of likely N-dealkylation sites (tertiary alicyclic amines) is 1. The van der Waals surface area contributed by atoms with E-state index in [-0.39, 0.29) is 17.1 Å². The third-order valence-corrected chi connectivity index (χ3v) is 3.63. The fourth-order valence-electron chi connectivity index (χ4n) is 2.39. The van der Waals surface area contributed by atoms with Gasteiger partial charge in [0, 0.05) is 20.1 Å². The van der Waals surface area contributed by atoms with Crippen molar-refractivity contribution in [3.63, 3.8) is 0 Å². The van der Waals surface area contributed by atoms with E-state index in [1.807, 2.05) is 0 Å². The summed E-state index contributed by atoms with van der Waals surface area (Å²) in [5, 5.41) is 11.0. The first kappa shape index (κ1) is 15.2. The van der Waals surface area contributed by atoms with Crippen LogP contribution in [0.15, 0.2) is 12.3 Å². The van der Waals surface area contributed by atoms with Crippen LogP contribution in [0.1, 0.15) is 23.2 Å². The van der Waals surface area contributed by atoms with Gasteiger partial charge in [0.1, 0.15) is 17.6 Å². The van der Waals surface area contributed by atoms with Gasteiger partial charge in [-0.05, 0) is 32.0 Å². The highest BCUT2D eigenvalue weighted by molar-refractivity contribution is 5.98. The number of rotatable bonds is 5. The van der Waals surface area contributed by atoms with Crippen LogP contribution in [0.5, 0.6) is 0 Å². The Morgan fingerprint density at radius 3 is 2.81 bits per heavy atom. The Kier molecular flexibility index (Phi) is 4.69. The molecule has 1 aromatic heterocycles. The van der Waals surface area contributed by atoms with Crippen molar-refractivity contribution in [2.24, 2.45) is 0 Å². The monoisotopic (exact) mass is 293 g/mol. The number of nitrogens with two attached hydrogens (primary N) is 1. The van der Waals surface area contributed by atoms with E-state index in [1.165, 1.54) is 23.8 Å². The largest absolute Gasteiger partial charge is 0.384 e. The van der Waals surface area contributed by atoms with E-state index in [9.17, 15) is 14.9 Å². The predicted molar refractivity (Wildman–Crippen MR) is 77.9 cm³/mol. The van der Waals surface area contributed by atoms with Gasteiger partial charge in [0.2, 0.25) is 0 Å². The maximum Gasteiger partial charge on any atom is 0.300 e. The van der Waals surface area contributed by atoms with Gasteiger partial charge >= 0.3 is 0 Å². The number of likely N-dealkylation sites (N-methyl/N-ethyl adjacent to an activating group) is 1. The second kappa shape index (κ2) is 6.49. The molecule has 2 rings (SSSR count). The molecule has 1 fully saturated rings. The summed E-state index contributed by atoms with van der Waals surface area (Å²) in [5.74, 6) is -0.313. The van der Waals surface area contributed by atoms with Crippen LogP contribution in [0.2, 0.25) is 0 Å². The molecule has 0 atom stereocenters. The fraction of sp³-hybridized carbons (Fsp3) is 0.538. The minimum atomic E-state index is -0.617. The predicted octanol–water partition coefficient (Wildman–Crippen LogP) is 0.740. The molecular weight excluding hydrogens is 274 g/mol. The van der Waals surface area contributed by atoms with Crippen molar-refractivity contribution in [3.8, 4) is 0 Å². The number of nitrogens with zero attached hydrogens (tertiary/aromatic N) is 4. The van der Waals surface area contributed by atoms with Gasteiger partial charge in [0.25, 0.3) is 11.6 Å². The SMILES string of the molecule is CN(CCN1CCCC1)C(=O)c1cc(N)ncc1[N+](=O)[O-]. The van der Waals surface area contributed by atoms with Gasteiger partial charge in [-0.3, -0.25) is 14.9 Å². The molecule has 1 aliphatic rings. The minimum Gasteiger partial charge on any atom is -0.384 e. The normalized spacial score (nSPS) is 15.1. The van der Waals surface area contributed by atoms with E-state index in [2.05, 4.69) is 9.88 Å². The fourth-order valence-corrected chi connectivity index (χ4v) is 2.39. The zero-order chi connectivity index (χ0) is 15.4. The van der Waals surface area contributed by atoms with Crippen molar-refractivity contribution in [3.05, 3.63) is 27.9 Å². The maximum absolute atomic E-state index is 12.3. The van der Waals surface area contributed by atoms with Crippen LogP contribution >= 0.6 is 0 Å². The average molecular weight is 293 g/mol. The summed E-state index contributed by atoms with van der Waals surface area (Å²) >= 11 is 0.